The lowest BCUT2D eigenvalue weighted by atomic mass is 10.0. The molecule has 1 aromatic rings. The van der Waals surface area contributed by atoms with Gasteiger partial charge in [0.25, 0.3) is 0 Å². The Bertz CT molecular complexity index is 554. The zero-order chi connectivity index (χ0) is 15.4. The minimum atomic E-state index is -0.749. The van der Waals surface area contributed by atoms with Crippen LogP contribution < -0.4 is 4.90 Å². The fraction of sp³-hybridized carbons (Fsp3) is 0.500. The molecule has 0 saturated carbocycles. The summed E-state index contributed by atoms with van der Waals surface area (Å²) < 4.78 is 0. The molecule has 0 unspecified atom stereocenters. The van der Waals surface area contributed by atoms with Crippen LogP contribution in [0.2, 0.25) is 0 Å². The highest BCUT2D eigenvalue weighted by atomic mass is 16.4. The number of fused-ring (bicyclic) bond motifs is 1. The minimum absolute atomic E-state index is 0.129. The number of carbonyl (C=O) groups is 1. The van der Waals surface area contributed by atoms with Gasteiger partial charge < -0.3 is 10.0 Å². The van der Waals surface area contributed by atoms with Gasteiger partial charge in [0.15, 0.2) is 0 Å². The third kappa shape index (κ3) is 3.46. The summed E-state index contributed by atoms with van der Waals surface area (Å²) in [6.07, 6.45) is 3.26. The van der Waals surface area contributed by atoms with Crippen molar-refractivity contribution in [3.63, 3.8) is 0 Å². The minimum Gasteiger partial charge on any atom is -0.481 e. The number of allylic oxidation sites excluding steroid dienone is 1. The molecule has 0 saturated heterocycles. The molecule has 0 heterocycles. The van der Waals surface area contributed by atoms with E-state index >= 15 is 0 Å². The van der Waals surface area contributed by atoms with Gasteiger partial charge in [0.2, 0.25) is 0 Å². The van der Waals surface area contributed by atoms with Crippen molar-refractivity contribution in [2.75, 3.05) is 18.0 Å². The van der Waals surface area contributed by atoms with E-state index in [1.165, 1.54) is 16.8 Å². The molecule has 0 aromatic heterocycles. The Morgan fingerprint density at radius 3 is 2.48 bits per heavy atom. The number of nitrogens with zero attached hydrogens (tertiary/aromatic N) is 1. The average Bonchev–Trinajstić information content (AvgIpc) is 2.74. The van der Waals surface area contributed by atoms with E-state index in [0.29, 0.717) is 0 Å². The molecule has 1 N–H and O–H groups in total. The predicted octanol–water partition coefficient (Wildman–Crippen LogP) is 4.12. The van der Waals surface area contributed by atoms with Crippen molar-refractivity contribution in [1.29, 1.82) is 0 Å². The molecule has 3 nitrogen and oxygen atoms in total. The van der Waals surface area contributed by atoms with E-state index in [9.17, 15) is 4.79 Å². The third-order valence-corrected chi connectivity index (χ3v) is 4.07. The Morgan fingerprint density at radius 2 is 1.90 bits per heavy atom. The van der Waals surface area contributed by atoms with Gasteiger partial charge in [-0.15, -0.1) is 0 Å². The molecule has 21 heavy (non-hydrogen) atoms. The first-order chi connectivity index (χ1) is 10.1. The number of rotatable bonds is 7. The van der Waals surface area contributed by atoms with Gasteiger partial charge in [0.1, 0.15) is 0 Å². The van der Waals surface area contributed by atoms with Crippen LogP contribution in [0.15, 0.2) is 23.8 Å². The van der Waals surface area contributed by atoms with Crippen molar-refractivity contribution in [3.05, 3.63) is 34.9 Å². The van der Waals surface area contributed by atoms with Crippen LogP contribution in [0.1, 0.15) is 51.2 Å². The van der Waals surface area contributed by atoms with Crippen LogP contribution in [0.25, 0.3) is 5.57 Å². The summed E-state index contributed by atoms with van der Waals surface area (Å²) in [6, 6.07) is 6.54. The highest BCUT2D eigenvalue weighted by Crippen LogP contribution is 2.37. The van der Waals surface area contributed by atoms with Crippen molar-refractivity contribution < 1.29 is 9.90 Å². The quantitative estimate of drug-likeness (QED) is 0.820. The van der Waals surface area contributed by atoms with Crippen molar-refractivity contribution >= 4 is 17.2 Å². The van der Waals surface area contributed by atoms with E-state index in [0.717, 1.165) is 43.5 Å². The molecule has 0 spiro atoms. The maximum atomic E-state index is 11.1. The molecular formula is C18H25NO2. The predicted molar refractivity (Wildman–Crippen MR) is 87.8 cm³/mol. The first kappa shape index (κ1) is 15.6. The second-order valence-corrected chi connectivity index (χ2v) is 5.83. The number of benzene rings is 1. The number of carboxylic acid groups (broad SMARTS) is 1. The lowest BCUT2D eigenvalue weighted by Crippen LogP contribution is -2.24. The molecule has 0 bridgehead atoms. The fourth-order valence-corrected chi connectivity index (χ4v) is 3.13. The molecule has 1 aliphatic rings. The molecular weight excluding hydrogens is 262 g/mol. The van der Waals surface area contributed by atoms with Crippen LogP contribution in [-0.2, 0) is 11.2 Å². The first-order valence-electron chi connectivity index (χ1n) is 7.85. The Morgan fingerprint density at radius 1 is 1.24 bits per heavy atom. The summed E-state index contributed by atoms with van der Waals surface area (Å²) in [5.74, 6) is -0.749. The fourth-order valence-electron chi connectivity index (χ4n) is 3.13. The topological polar surface area (TPSA) is 40.5 Å². The maximum absolute atomic E-state index is 11.1. The second kappa shape index (κ2) is 6.79. The normalized spacial score (nSPS) is 13.5. The maximum Gasteiger partial charge on any atom is 0.307 e. The monoisotopic (exact) mass is 287 g/mol. The molecule has 0 aliphatic heterocycles. The van der Waals surface area contributed by atoms with E-state index in [2.05, 4.69) is 36.9 Å². The van der Waals surface area contributed by atoms with Gasteiger partial charge in [0, 0.05) is 18.8 Å². The number of hydrogen-bond donors (Lipinski definition) is 1. The summed E-state index contributed by atoms with van der Waals surface area (Å²) in [6.45, 7) is 8.52. The van der Waals surface area contributed by atoms with Gasteiger partial charge >= 0.3 is 5.97 Å². The lowest BCUT2D eigenvalue weighted by molar-refractivity contribution is -0.135. The van der Waals surface area contributed by atoms with E-state index in [-0.39, 0.29) is 6.42 Å². The largest absolute Gasteiger partial charge is 0.481 e. The van der Waals surface area contributed by atoms with Crippen molar-refractivity contribution in [1.82, 2.24) is 0 Å². The van der Waals surface area contributed by atoms with Crippen LogP contribution in [0.3, 0.4) is 0 Å². The highest BCUT2D eigenvalue weighted by Gasteiger charge is 2.21. The number of aliphatic carboxylic acids is 1. The van der Waals surface area contributed by atoms with E-state index < -0.39 is 5.97 Å². The second-order valence-electron chi connectivity index (χ2n) is 5.83. The van der Waals surface area contributed by atoms with Gasteiger partial charge in [-0.25, -0.2) is 0 Å². The smallest absolute Gasteiger partial charge is 0.307 e. The zero-order valence-corrected chi connectivity index (χ0v) is 13.3. The van der Waals surface area contributed by atoms with Crippen LogP contribution in [0, 0.1) is 0 Å². The van der Waals surface area contributed by atoms with Crippen LogP contribution in [-0.4, -0.2) is 24.2 Å². The Kier molecular flexibility index (Phi) is 5.05. The summed E-state index contributed by atoms with van der Waals surface area (Å²) in [5.41, 5.74) is 5.83. The van der Waals surface area contributed by atoms with E-state index in [1.54, 1.807) is 0 Å². The van der Waals surface area contributed by atoms with Crippen LogP contribution >= 0.6 is 0 Å². The molecule has 0 fully saturated rings. The van der Waals surface area contributed by atoms with Gasteiger partial charge in [-0.1, -0.05) is 25.5 Å². The Labute approximate surface area is 127 Å². The molecule has 0 atom stereocenters. The van der Waals surface area contributed by atoms with Gasteiger partial charge in [-0.3, -0.25) is 4.79 Å². The van der Waals surface area contributed by atoms with Crippen molar-refractivity contribution in [3.8, 4) is 0 Å². The van der Waals surface area contributed by atoms with Crippen LogP contribution in [0.4, 0.5) is 5.69 Å². The zero-order valence-electron chi connectivity index (χ0n) is 13.3. The first-order valence-corrected chi connectivity index (χ1v) is 7.85. The van der Waals surface area contributed by atoms with Crippen molar-refractivity contribution in [2.45, 2.75) is 46.5 Å². The molecule has 0 amide bonds. The molecule has 1 aliphatic carbocycles. The third-order valence-electron chi connectivity index (χ3n) is 4.07. The average molecular weight is 287 g/mol. The SMILES string of the molecule is CCCN(CCC)c1ccc2c(c1)C(CC(=O)O)=C(C)C2. The van der Waals surface area contributed by atoms with Gasteiger partial charge in [-0.05, 0) is 55.0 Å². The number of carboxylic acids is 1. The summed E-state index contributed by atoms with van der Waals surface area (Å²) in [4.78, 5) is 13.5. The summed E-state index contributed by atoms with van der Waals surface area (Å²) in [7, 11) is 0. The molecule has 0 radical (unpaired) electrons. The lowest BCUT2D eigenvalue weighted by Gasteiger charge is -2.24. The summed E-state index contributed by atoms with van der Waals surface area (Å²) in [5, 5.41) is 9.12. The number of hydrogen-bond acceptors (Lipinski definition) is 2. The molecule has 2 rings (SSSR count). The van der Waals surface area contributed by atoms with Gasteiger partial charge in [-0.2, -0.15) is 0 Å². The van der Waals surface area contributed by atoms with E-state index in [4.69, 9.17) is 5.11 Å². The molecule has 1 aromatic carbocycles. The Balaban J connectivity index is 2.33. The summed E-state index contributed by atoms with van der Waals surface area (Å²) >= 11 is 0. The van der Waals surface area contributed by atoms with Crippen molar-refractivity contribution in [2.24, 2.45) is 0 Å². The van der Waals surface area contributed by atoms with Gasteiger partial charge in [0.05, 0.1) is 6.42 Å². The highest BCUT2D eigenvalue weighted by molar-refractivity contribution is 5.89. The number of anilines is 1. The van der Waals surface area contributed by atoms with Crippen LogP contribution in [0.5, 0.6) is 0 Å². The standard InChI is InChI=1S/C18H25NO2/c1-4-8-19(9-5-2)15-7-6-14-10-13(3)16(12-18(20)21)17(14)11-15/h6-7,11H,4-5,8-10,12H2,1-3H3,(H,20,21). The molecule has 3 heteroatoms. The Hall–Kier alpha value is -1.77. The van der Waals surface area contributed by atoms with E-state index in [1.807, 2.05) is 6.92 Å². The molecule has 114 valence electrons.